The maximum absolute atomic E-state index is 13.9. The smallest absolute Gasteiger partial charge is 0.384 e. The van der Waals surface area contributed by atoms with E-state index >= 15 is 0 Å². The summed E-state index contributed by atoms with van der Waals surface area (Å²) in [6.45, 7) is 3.22. The van der Waals surface area contributed by atoms with E-state index < -0.39 is 23.2 Å². The fraction of sp³-hybridized carbons (Fsp3) is 0.138. The second-order valence-electron chi connectivity index (χ2n) is 9.41. The molecule has 1 amide bonds. The molecule has 198 valence electrons. The van der Waals surface area contributed by atoms with Crippen LogP contribution >= 0.6 is 11.6 Å². The van der Waals surface area contributed by atoms with Gasteiger partial charge in [0.15, 0.2) is 5.65 Å². The van der Waals surface area contributed by atoms with Gasteiger partial charge in [-0.3, -0.25) is 14.2 Å². The highest BCUT2D eigenvalue weighted by molar-refractivity contribution is 6.35. The van der Waals surface area contributed by atoms with Gasteiger partial charge in [0.2, 0.25) is 0 Å². The van der Waals surface area contributed by atoms with Crippen LogP contribution in [0.3, 0.4) is 0 Å². The Morgan fingerprint density at radius 2 is 1.69 bits per heavy atom. The van der Waals surface area contributed by atoms with Crippen molar-refractivity contribution in [2.75, 3.05) is 5.32 Å². The fourth-order valence-corrected chi connectivity index (χ4v) is 4.63. The summed E-state index contributed by atoms with van der Waals surface area (Å²) in [7, 11) is 0. The highest BCUT2D eigenvalue weighted by atomic mass is 35.5. The van der Waals surface area contributed by atoms with Crippen molar-refractivity contribution in [2.24, 2.45) is 0 Å². The van der Waals surface area contributed by atoms with Gasteiger partial charge in [0.25, 0.3) is 5.91 Å². The molecule has 0 aliphatic rings. The average Bonchev–Trinajstić information content (AvgIpc) is 3.35. The zero-order chi connectivity index (χ0) is 27.9. The first-order valence-corrected chi connectivity index (χ1v) is 12.2. The Hall–Kier alpha value is -4.21. The number of aromatic nitrogens is 3. The van der Waals surface area contributed by atoms with Crippen LogP contribution in [-0.4, -0.2) is 25.4 Å². The molecule has 0 saturated carbocycles. The molecule has 0 aliphatic carbocycles. The number of hydrogen-bond acceptors (Lipinski definition) is 4. The summed E-state index contributed by atoms with van der Waals surface area (Å²) in [5.41, 5.74) is -0.0999. The first-order valence-electron chi connectivity index (χ1n) is 11.9. The predicted octanol–water partition coefficient (Wildman–Crippen LogP) is 7.22. The molecule has 2 aromatic carbocycles. The highest BCUT2D eigenvalue weighted by Gasteiger charge is 2.36. The summed E-state index contributed by atoms with van der Waals surface area (Å²) < 4.78 is 43.3. The molecule has 3 heterocycles. The predicted molar refractivity (Wildman–Crippen MR) is 144 cm³/mol. The first-order chi connectivity index (χ1) is 18.4. The molecule has 0 fully saturated rings. The highest BCUT2D eigenvalue weighted by Crippen LogP contribution is 2.40. The molecule has 0 aliphatic heterocycles. The van der Waals surface area contributed by atoms with E-state index in [2.05, 4.69) is 15.3 Å². The van der Waals surface area contributed by atoms with Crippen molar-refractivity contribution in [3.8, 4) is 22.4 Å². The van der Waals surface area contributed by atoms with E-state index in [0.29, 0.717) is 22.6 Å². The molecular weight excluding hydrogens is 529 g/mol. The zero-order valence-electron chi connectivity index (χ0n) is 20.8. The normalized spacial score (nSPS) is 12.1. The van der Waals surface area contributed by atoms with E-state index in [1.165, 1.54) is 18.5 Å². The Kier molecular flexibility index (Phi) is 6.65. The average molecular weight is 551 g/mol. The molecule has 0 spiro atoms. The molecule has 5 aromatic rings. The van der Waals surface area contributed by atoms with Gasteiger partial charge in [-0.1, -0.05) is 48.0 Å². The molecule has 0 saturated heterocycles. The van der Waals surface area contributed by atoms with Crippen molar-refractivity contribution in [2.45, 2.75) is 25.6 Å². The lowest BCUT2D eigenvalue weighted by Crippen LogP contribution is -2.19. The third kappa shape index (κ3) is 5.10. The van der Waals surface area contributed by atoms with Crippen LogP contribution in [0.4, 0.5) is 18.9 Å². The molecule has 5 rings (SSSR count). The summed E-state index contributed by atoms with van der Waals surface area (Å²) in [6, 6.07) is 17.4. The Labute approximate surface area is 226 Å². The van der Waals surface area contributed by atoms with E-state index in [-0.39, 0.29) is 21.8 Å². The van der Waals surface area contributed by atoms with Crippen LogP contribution in [0.5, 0.6) is 0 Å². The number of hydrogen-bond donors (Lipinski definition) is 2. The minimum absolute atomic E-state index is 0.0469. The lowest BCUT2D eigenvalue weighted by Gasteiger charge is -2.19. The number of benzene rings is 2. The Morgan fingerprint density at radius 3 is 2.33 bits per heavy atom. The number of pyridine rings is 2. The maximum atomic E-state index is 13.9. The van der Waals surface area contributed by atoms with E-state index in [1.807, 2.05) is 30.3 Å². The van der Waals surface area contributed by atoms with Crippen LogP contribution in [0.15, 0.2) is 85.3 Å². The summed E-state index contributed by atoms with van der Waals surface area (Å²) in [5, 5.41) is 13.1. The van der Waals surface area contributed by atoms with Gasteiger partial charge in [0.1, 0.15) is 5.60 Å². The van der Waals surface area contributed by atoms with Gasteiger partial charge in [0.05, 0.1) is 39.4 Å². The van der Waals surface area contributed by atoms with E-state index in [9.17, 15) is 23.1 Å². The number of nitrogens with one attached hydrogen (secondary N) is 1. The number of carbonyl (C=O) groups is 1. The Bertz CT molecular complexity index is 1680. The number of fused-ring (bicyclic) bond motifs is 1. The SMILES string of the molecule is CC(C)(O)c1cnc2c(NC(=O)c3cc(-c4ccccn4)c(C(F)(F)F)cc3Cl)c(-c3ccccc3)ccn12. The molecule has 0 unspecified atom stereocenters. The third-order valence-corrected chi connectivity index (χ3v) is 6.54. The zero-order valence-corrected chi connectivity index (χ0v) is 21.5. The topological polar surface area (TPSA) is 79.5 Å². The van der Waals surface area contributed by atoms with Crippen molar-refractivity contribution in [1.29, 1.82) is 0 Å². The number of carbonyl (C=O) groups excluding carboxylic acids is 1. The molecule has 10 heteroatoms. The molecular formula is C29H22ClF3N4O2. The Morgan fingerprint density at radius 1 is 0.974 bits per heavy atom. The molecule has 0 atom stereocenters. The number of nitrogens with zero attached hydrogens (tertiary/aromatic N) is 3. The number of aliphatic hydroxyl groups is 1. The number of imidazole rings is 1. The summed E-state index contributed by atoms with van der Waals surface area (Å²) in [6.07, 6.45) is -0.113. The van der Waals surface area contributed by atoms with Crippen molar-refractivity contribution in [1.82, 2.24) is 14.4 Å². The van der Waals surface area contributed by atoms with Crippen LogP contribution in [0.25, 0.3) is 28.0 Å². The lowest BCUT2D eigenvalue weighted by atomic mass is 9.99. The fourth-order valence-electron chi connectivity index (χ4n) is 4.38. The quantitative estimate of drug-likeness (QED) is 0.242. The molecule has 0 bridgehead atoms. The molecule has 6 nitrogen and oxygen atoms in total. The number of halogens is 4. The van der Waals surface area contributed by atoms with Crippen molar-refractivity contribution >= 4 is 28.8 Å². The van der Waals surface area contributed by atoms with E-state index in [4.69, 9.17) is 11.6 Å². The van der Waals surface area contributed by atoms with Crippen LogP contribution in [-0.2, 0) is 11.8 Å². The maximum Gasteiger partial charge on any atom is 0.417 e. The number of anilines is 1. The van der Waals surface area contributed by atoms with Crippen LogP contribution < -0.4 is 5.32 Å². The van der Waals surface area contributed by atoms with Crippen molar-refractivity contribution < 1.29 is 23.1 Å². The number of amides is 1. The lowest BCUT2D eigenvalue weighted by molar-refractivity contribution is -0.137. The number of alkyl halides is 3. The minimum atomic E-state index is -4.72. The van der Waals surface area contributed by atoms with Crippen LogP contribution in [0, 0.1) is 0 Å². The van der Waals surface area contributed by atoms with Gasteiger partial charge in [-0.25, -0.2) is 4.98 Å². The van der Waals surface area contributed by atoms with Gasteiger partial charge in [-0.05, 0) is 49.7 Å². The third-order valence-electron chi connectivity index (χ3n) is 6.23. The second-order valence-corrected chi connectivity index (χ2v) is 9.82. The van der Waals surface area contributed by atoms with Gasteiger partial charge in [-0.2, -0.15) is 13.2 Å². The largest absolute Gasteiger partial charge is 0.417 e. The standard InChI is InChI=1S/C29H22ClF3N4O2/c1-28(2,39)24-16-35-26-25(18(11-13-37(24)26)17-8-4-3-5-9-17)36-27(38)20-14-19(23-10-6-7-12-34-23)21(15-22(20)30)29(31,32)33/h3-16,39H,1-2H3,(H,36,38). The molecule has 0 radical (unpaired) electrons. The first kappa shape index (κ1) is 26.4. The van der Waals surface area contributed by atoms with Crippen molar-refractivity contribution in [3.63, 3.8) is 0 Å². The van der Waals surface area contributed by atoms with Gasteiger partial charge in [-0.15, -0.1) is 0 Å². The molecule has 2 N–H and O–H groups in total. The summed E-state index contributed by atoms with van der Waals surface area (Å²) >= 11 is 6.26. The van der Waals surface area contributed by atoms with E-state index in [1.54, 1.807) is 42.6 Å². The van der Waals surface area contributed by atoms with E-state index in [0.717, 1.165) is 17.7 Å². The van der Waals surface area contributed by atoms with Crippen LogP contribution in [0.2, 0.25) is 5.02 Å². The second kappa shape index (κ2) is 9.83. The number of rotatable bonds is 5. The van der Waals surface area contributed by atoms with Gasteiger partial charge >= 0.3 is 6.18 Å². The minimum Gasteiger partial charge on any atom is -0.384 e. The summed E-state index contributed by atoms with van der Waals surface area (Å²) in [4.78, 5) is 22.1. The van der Waals surface area contributed by atoms with Gasteiger partial charge < -0.3 is 10.4 Å². The van der Waals surface area contributed by atoms with Crippen LogP contribution in [0.1, 0.15) is 35.5 Å². The van der Waals surface area contributed by atoms with Gasteiger partial charge in [0, 0.05) is 23.5 Å². The molecule has 3 aromatic heterocycles. The summed E-state index contributed by atoms with van der Waals surface area (Å²) in [5.74, 6) is -0.732. The monoisotopic (exact) mass is 550 g/mol. The van der Waals surface area contributed by atoms with Crippen molar-refractivity contribution in [3.05, 3.63) is 107 Å². The molecule has 39 heavy (non-hydrogen) atoms. The Balaban J connectivity index is 1.67.